The molecule has 0 unspecified atom stereocenters. The van der Waals surface area contributed by atoms with Gasteiger partial charge in [-0.15, -0.1) is 0 Å². The molecule has 0 bridgehead atoms. The average Bonchev–Trinajstić information content (AvgIpc) is 1.62. The number of amides is 1. The summed E-state index contributed by atoms with van der Waals surface area (Å²) >= 11 is 0. The Morgan fingerprint density at radius 1 is 1.50 bits per heavy atom. The Labute approximate surface area is 59.0 Å². The number of carboxylic acids is 1. The SMILES string of the molecule is CC(N)=O.NCCC(=O)O. The molecular formula is C5H12N2O3. The standard InChI is InChI=1S/C3H7NO2.C2H5NO/c4-2-1-3(5)6;1-2(3)4/h1-2,4H2,(H,5,6);1H3,(H2,3,4). The van der Waals surface area contributed by atoms with Gasteiger partial charge in [-0.25, -0.2) is 0 Å². The van der Waals surface area contributed by atoms with E-state index in [4.69, 9.17) is 10.8 Å². The van der Waals surface area contributed by atoms with Crippen molar-refractivity contribution in [2.24, 2.45) is 11.5 Å². The van der Waals surface area contributed by atoms with E-state index < -0.39 is 5.97 Å². The van der Waals surface area contributed by atoms with Crippen LogP contribution in [-0.4, -0.2) is 23.5 Å². The van der Waals surface area contributed by atoms with E-state index in [0.29, 0.717) is 0 Å². The molecule has 1 amide bonds. The molecule has 5 nitrogen and oxygen atoms in total. The molecule has 5 heteroatoms. The predicted molar refractivity (Wildman–Crippen MR) is 36.2 cm³/mol. The Hall–Kier alpha value is -1.10. The van der Waals surface area contributed by atoms with Crippen LogP contribution in [0.2, 0.25) is 0 Å². The molecule has 0 fully saturated rings. The lowest BCUT2D eigenvalue weighted by Crippen LogP contribution is -2.05. The quantitative estimate of drug-likeness (QED) is 0.462. The molecule has 0 rings (SSSR count). The van der Waals surface area contributed by atoms with Crippen LogP contribution in [0.25, 0.3) is 0 Å². The zero-order valence-electron chi connectivity index (χ0n) is 5.83. The van der Waals surface area contributed by atoms with Gasteiger partial charge >= 0.3 is 5.97 Å². The second kappa shape index (κ2) is 7.90. The maximum absolute atomic E-state index is 9.52. The number of primary amides is 1. The number of carboxylic acid groups (broad SMARTS) is 1. The van der Waals surface area contributed by atoms with E-state index in [1.807, 2.05) is 0 Å². The minimum absolute atomic E-state index is 0.0694. The number of rotatable bonds is 2. The highest BCUT2D eigenvalue weighted by Gasteiger charge is 1.87. The largest absolute Gasteiger partial charge is 0.481 e. The van der Waals surface area contributed by atoms with Crippen LogP contribution < -0.4 is 11.5 Å². The third-order valence-electron chi connectivity index (χ3n) is 0.358. The highest BCUT2D eigenvalue weighted by molar-refractivity contribution is 5.70. The van der Waals surface area contributed by atoms with Crippen molar-refractivity contribution in [2.75, 3.05) is 6.54 Å². The molecular weight excluding hydrogens is 136 g/mol. The fourth-order valence-corrected chi connectivity index (χ4v) is 0.123. The van der Waals surface area contributed by atoms with Gasteiger partial charge in [-0.3, -0.25) is 9.59 Å². The van der Waals surface area contributed by atoms with Crippen molar-refractivity contribution < 1.29 is 14.7 Å². The van der Waals surface area contributed by atoms with Crippen LogP contribution in [0.5, 0.6) is 0 Å². The summed E-state index contributed by atoms with van der Waals surface area (Å²) in [6, 6.07) is 0. The van der Waals surface area contributed by atoms with Crippen LogP contribution in [-0.2, 0) is 9.59 Å². The lowest BCUT2D eigenvalue weighted by atomic mass is 10.5. The highest BCUT2D eigenvalue weighted by Crippen LogP contribution is 1.67. The van der Waals surface area contributed by atoms with Crippen LogP contribution in [0.1, 0.15) is 13.3 Å². The molecule has 0 saturated heterocycles. The molecule has 0 atom stereocenters. The van der Waals surface area contributed by atoms with E-state index in [1.54, 1.807) is 0 Å². The normalized spacial score (nSPS) is 7.40. The van der Waals surface area contributed by atoms with Crippen molar-refractivity contribution in [1.82, 2.24) is 0 Å². The predicted octanol–water partition coefficient (Wildman–Crippen LogP) is -1.09. The Balaban J connectivity index is 0. The lowest BCUT2D eigenvalue weighted by Gasteiger charge is -1.80. The monoisotopic (exact) mass is 148 g/mol. The van der Waals surface area contributed by atoms with E-state index in [-0.39, 0.29) is 18.9 Å². The summed E-state index contributed by atoms with van der Waals surface area (Å²) in [7, 11) is 0. The fraction of sp³-hybridized carbons (Fsp3) is 0.600. The van der Waals surface area contributed by atoms with Gasteiger partial charge in [-0.2, -0.15) is 0 Å². The maximum Gasteiger partial charge on any atom is 0.304 e. The number of hydrogen-bond donors (Lipinski definition) is 3. The summed E-state index contributed by atoms with van der Waals surface area (Å²) in [4.78, 5) is 18.7. The molecule has 0 radical (unpaired) electrons. The molecule has 0 aromatic rings. The molecule has 0 aromatic carbocycles. The van der Waals surface area contributed by atoms with E-state index in [1.165, 1.54) is 6.92 Å². The fourth-order valence-electron chi connectivity index (χ4n) is 0.123. The number of carbonyl (C=O) groups is 2. The van der Waals surface area contributed by atoms with Crippen molar-refractivity contribution in [3.63, 3.8) is 0 Å². The van der Waals surface area contributed by atoms with Gasteiger partial charge in [-0.05, 0) is 0 Å². The molecule has 0 aromatic heterocycles. The van der Waals surface area contributed by atoms with Gasteiger partial charge in [0.05, 0.1) is 6.42 Å². The van der Waals surface area contributed by atoms with Gasteiger partial charge in [0.15, 0.2) is 0 Å². The molecule has 0 spiro atoms. The smallest absolute Gasteiger partial charge is 0.304 e. The van der Waals surface area contributed by atoms with Crippen molar-refractivity contribution >= 4 is 11.9 Å². The third kappa shape index (κ3) is 66.5. The number of hydrogen-bond acceptors (Lipinski definition) is 3. The summed E-state index contributed by atoms with van der Waals surface area (Å²) in [5.41, 5.74) is 9.32. The number of nitrogens with two attached hydrogens (primary N) is 2. The summed E-state index contributed by atoms with van der Waals surface area (Å²) in [5, 5.41) is 7.83. The Morgan fingerprint density at radius 3 is 1.80 bits per heavy atom. The summed E-state index contributed by atoms with van der Waals surface area (Å²) in [6.07, 6.45) is 0.0694. The third-order valence-corrected chi connectivity index (χ3v) is 0.358. The van der Waals surface area contributed by atoms with Crippen LogP contribution in [0.3, 0.4) is 0 Å². The van der Waals surface area contributed by atoms with Crippen LogP contribution in [0, 0.1) is 0 Å². The van der Waals surface area contributed by atoms with Gasteiger partial charge in [0, 0.05) is 13.5 Å². The Kier molecular flexibility index (Phi) is 9.22. The molecule has 0 aliphatic heterocycles. The molecule has 0 heterocycles. The first-order valence-corrected chi connectivity index (χ1v) is 2.68. The molecule has 0 aliphatic rings. The van der Waals surface area contributed by atoms with Gasteiger partial charge in [0.1, 0.15) is 0 Å². The minimum Gasteiger partial charge on any atom is -0.481 e. The number of carbonyl (C=O) groups excluding carboxylic acids is 1. The Morgan fingerprint density at radius 2 is 1.80 bits per heavy atom. The first-order valence-electron chi connectivity index (χ1n) is 2.68. The van der Waals surface area contributed by atoms with Gasteiger partial charge in [-0.1, -0.05) is 0 Å². The van der Waals surface area contributed by atoms with Gasteiger partial charge in [0.25, 0.3) is 0 Å². The minimum atomic E-state index is -0.836. The maximum atomic E-state index is 9.52. The molecule has 0 saturated carbocycles. The summed E-state index contributed by atoms with van der Waals surface area (Å²) < 4.78 is 0. The van der Waals surface area contributed by atoms with Crippen LogP contribution >= 0.6 is 0 Å². The van der Waals surface area contributed by atoms with E-state index in [9.17, 15) is 9.59 Å². The molecule has 10 heavy (non-hydrogen) atoms. The average molecular weight is 148 g/mol. The molecule has 5 N–H and O–H groups in total. The van der Waals surface area contributed by atoms with Crippen molar-refractivity contribution in [1.29, 1.82) is 0 Å². The van der Waals surface area contributed by atoms with E-state index >= 15 is 0 Å². The van der Waals surface area contributed by atoms with E-state index in [0.717, 1.165) is 0 Å². The van der Waals surface area contributed by atoms with Crippen LogP contribution in [0.4, 0.5) is 0 Å². The first-order chi connectivity index (χ1) is 4.50. The second-order valence-corrected chi connectivity index (χ2v) is 1.54. The number of aliphatic carboxylic acids is 1. The van der Waals surface area contributed by atoms with Gasteiger partial charge < -0.3 is 16.6 Å². The molecule has 60 valence electrons. The second-order valence-electron chi connectivity index (χ2n) is 1.54. The summed E-state index contributed by atoms with van der Waals surface area (Å²) in [6.45, 7) is 1.54. The van der Waals surface area contributed by atoms with E-state index in [2.05, 4.69) is 5.73 Å². The lowest BCUT2D eigenvalue weighted by molar-refractivity contribution is -0.136. The van der Waals surface area contributed by atoms with Crippen molar-refractivity contribution in [3.8, 4) is 0 Å². The topological polar surface area (TPSA) is 106 Å². The highest BCUT2D eigenvalue weighted by atomic mass is 16.4. The van der Waals surface area contributed by atoms with Crippen LogP contribution in [0.15, 0.2) is 0 Å². The Bertz CT molecular complexity index is 109. The summed E-state index contributed by atoms with van der Waals surface area (Å²) in [5.74, 6) is -1.17. The first kappa shape index (κ1) is 11.7. The van der Waals surface area contributed by atoms with Crippen molar-refractivity contribution in [3.05, 3.63) is 0 Å². The van der Waals surface area contributed by atoms with Gasteiger partial charge in [0.2, 0.25) is 5.91 Å². The zero-order chi connectivity index (χ0) is 8.57. The van der Waals surface area contributed by atoms with Crippen molar-refractivity contribution in [2.45, 2.75) is 13.3 Å². The molecule has 0 aliphatic carbocycles. The zero-order valence-corrected chi connectivity index (χ0v) is 5.83.